The molecule has 4 rings (SSSR count). The molecule has 0 aliphatic carbocycles. The molecular weight excluding hydrogens is 292 g/mol. The lowest BCUT2D eigenvalue weighted by Crippen LogP contribution is -2.41. The molecule has 1 unspecified atom stereocenters. The van der Waals surface area contributed by atoms with Crippen LogP contribution in [0.2, 0.25) is 0 Å². The summed E-state index contributed by atoms with van der Waals surface area (Å²) >= 11 is 1.79. The fourth-order valence-electron chi connectivity index (χ4n) is 3.90. The number of likely N-dealkylation sites (tertiary alicyclic amines) is 1. The molecule has 2 saturated heterocycles. The molecule has 0 amide bonds. The highest BCUT2D eigenvalue weighted by molar-refractivity contribution is 7.18. The number of thiophene rings is 1. The Bertz CT molecular complexity index is 647. The third-order valence-electron chi connectivity index (χ3n) is 5.12. The highest BCUT2D eigenvalue weighted by Crippen LogP contribution is 2.32. The van der Waals surface area contributed by atoms with Gasteiger partial charge in [-0.25, -0.2) is 9.97 Å². The average molecular weight is 316 g/mol. The molecule has 1 atom stereocenters. The lowest BCUT2D eigenvalue weighted by molar-refractivity contribution is 0.236. The van der Waals surface area contributed by atoms with Crippen molar-refractivity contribution in [1.29, 1.82) is 0 Å². The van der Waals surface area contributed by atoms with E-state index >= 15 is 0 Å². The zero-order chi connectivity index (χ0) is 14.9. The Kier molecular flexibility index (Phi) is 4.01. The molecular formula is C17H24N4S. The first kappa shape index (κ1) is 14.4. The molecule has 0 bridgehead atoms. The summed E-state index contributed by atoms with van der Waals surface area (Å²) in [4.78, 5) is 14.4. The van der Waals surface area contributed by atoms with Crippen LogP contribution in [-0.2, 0) is 0 Å². The summed E-state index contributed by atoms with van der Waals surface area (Å²) in [6, 6.07) is 0.705. The van der Waals surface area contributed by atoms with Crippen molar-refractivity contribution in [2.45, 2.75) is 45.1 Å². The van der Waals surface area contributed by atoms with Crippen LogP contribution in [0.25, 0.3) is 10.2 Å². The van der Waals surface area contributed by atoms with Crippen LogP contribution in [0.3, 0.4) is 0 Å². The first-order chi connectivity index (χ1) is 10.8. The Hall–Kier alpha value is -1.20. The molecule has 0 radical (unpaired) electrons. The summed E-state index contributed by atoms with van der Waals surface area (Å²) in [5.74, 6) is 1.16. The quantitative estimate of drug-likeness (QED) is 0.849. The molecule has 5 heteroatoms. The van der Waals surface area contributed by atoms with Gasteiger partial charge in [0, 0.05) is 19.1 Å². The SMILES string of the molecule is Cc1csc2c(N3CCCCC(N4CCCC4)C3)ncnc12. The topological polar surface area (TPSA) is 32.3 Å². The molecule has 2 aromatic rings. The van der Waals surface area contributed by atoms with Gasteiger partial charge in [-0.15, -0.1) is 11.3 Å². The molecule has 0 N–H and O–H groups in total. The summed E-state index contributed by atoms with van der Waals surface area (Å²) in [6.45, 7) is 6.98. The van der Waals surface area contributed by atoms with Gasteiger partial charge in [-0.2, -0.15) is 0 Å². The number of anilines is 1. The monoisotopic (exact) mass is 316 g/mol. The predicted octanol–water partition coefficient (Wildman–Crippen LogP) is 3.45. The van der Waals surface area contributed by atoms with Crippen molar-refractivity contribution in [2.75, 3.05) is 31.1 Å². The van der Waals surface area contributed by atoms with Crippen molar-refractivity contribution in [3.63, 3.8) is 0 Å². The predicted molar refractivity (Wildman–Crippen MR) is 92.8 cm³/mol. The highest BCUT2D eigenvalue weighted by Gasteiger charge is 2.27. The minimum atomic E-state index is 0.705. The zero-order valence-corrected chi connectivity index (χ0v) is 14.1. The van der Waals surface area contributed by atoms with Crippen molar-refractivity contribution in [3.8, 4) is 0 Å². The number of aromatic nitrogens is 2. The van der Waals surface area contributed by atoms with E-state index in [4.69, 9.17) is 0 Å². The fraction of sp³-hybridized carbons (Fsp3) is 0.647. The van der Waals surface area contributed by atoms with Crippen LogP contribution in [-0.4, -0.2) is 47.1 Å². The maximum Gasteiger partial charge on any atom is 0.150 e. The number of hydrogen-bond acceptors (Lipinski definition) is 5. The van der Waals surface area contributed by atoms with Gasteiger partial charge in [0.05, 0.1) is 10.2 Å². The van der Waals surface area contributed by atoms with Gasteiger partial charge >= 0.3 is 0 Å². The number of hydrogen-bond donors (Lipinski definition) is 0. The van der Waals surface area contributed by atoms with Crippen molar-refractivity contribution in [1.82, 2.24) is 14.9 Å². The molecule has 2 aliphatic heterocycles. The Morgan fingerprint density at radius 2 is 1.91 bits per heavy atom. The molecule has 2 aromatic heterocycles. The number of nitrogens with zero attached hydrogens (tertiary/aromatic N) is 4. The van der Waals surface area contributed by atoms with E-state index in [1.165, 1.54) is 55.5 Å². The van der Waals surface area contributed by atoms with Crippen molar-refractivity contribution in [3.05, 3.63) is 17.3 Å². The van der Waals surface area contributed by atoms with E-state index in [2.05, 4.69) is 32.1 Å². The van der Waals surface area contributed by atoms with E-state index in [0.29, 0.717) is 6.04 Å². The molecule has 4 nitrogen and oxygen atoms in total. The molecule has 0 spiro atoms. The molecule has 22 heavy (non-hydrogen) atoms. The van der Waals surface area contributed by atoms with Crippen molar-refractivity contribution >= 4 is 27.4 Å². The summed E-state index contributed by atoms with van der Waals surface area (Å²) < 4.78 is 1.27. The van der Waals surface area contributed by atoms with Gasteiger partial charge in [-0.05, 0) is 56.6 Å². The summed E-state index contributed by atoms with van der Waals surface area (Å²) in [5, 5.41) is 2.21. The minimum absolute atomic E-state index is 0.705. The highest BCUT2D eigenvalue weighted by atomic mass is 32.1. The van der Waals surface area contributed by atoms with Crippen LogP contribution in [0.5, 0.6) is 0 Å². The molecule has 2 fully saturated rings. The Morgan fingerprint density at radius 3 is 2.77 bits per heavy atom. The first-order valence-corrected chi connectivity index (χ1v) is 9.38. The van der Waals surface area contributed by atoms with Gasteiger partial charge in [-0.1, -0.05) is 6.42 Å². The third-order valence-corrected chi connectivity index (χ3v) is 6.20. The Balaban J connectivity index is 1.64. The molecule has 0 aromatic carbocycles. The van der Waals surface area contributed by atoms with Crippen molar-refractivity contribution in [2.24, 2.45) is 0 Å². The average Bonchev–Trinajstić information content (AvgIpc) is 3.13. The van der Waals surface area contributed by atoms with Gasteiger partial charge in [-0.3, -0.25) is 4.90 Å². The summed E-state index contributed by atoms with van der Waals surface area (Å²) in [5.41, 5.74) is 2.41. The lowest BCUT2D eigenvalue weighted by atomic mass is 10.1. The van der Waals surface area contributed by atoms with E-state index in [1.807, 2.05) is 0 Å². The van der Waals surface area contributed by atoms with E-state index in [-0.39, 0.29) is 0 Å². The fourth-order valence-corrected chi connectivity index (χ4v) is 4.92. The van der Waals surface area contributed by atoms with E-state index in [9.17, 15) is 0 Å². The van der Waals surface area contributed by atoms with Gasteiger partial charge in [0.2, 0.25) is 0 Å². The number of fused-ring (bicyclic) bond motifs is 1. The minimum Gasteiger partial charge on any atom is -0.354 e. The van der Waals surface area contributed by atoms with Gasteiger partial charge < -0.3 is 4.90 Å². The summed E-state index contributed by atoms with van der Waals surface area (Å²) in [7, 11) is 0. The molecule has 118 valence electrons. The van der Waals surface area contributed by atoms with Crippen LogP contribution in [0.4, 0.5) is 5.82 Å². The van der Waals surface area contributed by atoms with Crippen molar-refractivity contribution < 1.29 is 0 Å². The second-order valence-electron chi connectivity index (χ2n) is 6.63. The number of aryl methyl sites for hydroxylation is 1. The van der Waals surface area contributed by atoms with Gasteiger partial charge in [0.1, 0.15) is 12.1 Å². The van der Waals surface area contributed by atoms with Crippen LogP contribution < -0.4 is 4.90 Å². The van der Waals surface area contributed by atoms with Gasteiger partial charge in [0.15, 0.2) is 0 Å². The van der Waals surface area contributed by atoms with Crippen LogP contribution in [0.15, 0.2) is 11.7 Å². The van der Waals surface area contributed by atoms with Crippen LogP contribution >= 0.6 is 11.3 Å². The first-order valence-electron chi connectivity index (χ1n) is 8.51. The van der Waals surface area contributed by atoms with Crippen LogP contribution in [0.1, 0.15) is 37.7 Å². The standard InChI is InChI=1S/C17H24N4S/c1-13-11-22-16-15(13)18-12-19-17(16)21-9-3-2-6-14(10-21)20-7-4-5-8-20/h11-12,14H,2-10H2,1H3. The largest absolute Gasteiger partial charge is 0.354 e. The number of rotatable bonds is 2. The molecule has 2 aliphatic rings. The third kappa shape index (κ3) is 2.61. The lowest BCUT2D eigenvalue weighted by Gasteiger charge is -2.31. The van der Waals surface area contributed by atoms with Gasteiger partial charge in [0.25, 0.3) is 0 Å². The smallest absolute Gasteiger partial charge is 0.150 e. The van der Waals surface area contributed by atoms with Crippen LogP contribution in [0, 0.1) is 6.92 Å². The molecule has 0 saturated carbocycles. The second-order valence-corrected chi connectivity index (χ2v) is 7.51. The maximum atomic E-state index is 4.65. The molecule has 4 heterocycles. The Morgan fingerprint density at radius 1 is 1.09 bits per heavy atom. The maximum absolute atomic E-state index is 4.65. The zero-order valence-electron chi connectivity index (χ0n) is 13.3. The van der Waals surface area contributed by atoms with E-state index < -0.39 is 0 Å². The normalized spacial score (nSPS) is 24.0. The van der Waals surface area contributed by atoms with E-state index in [0.717, 1.165) is 24.4 Å². The Labute approximate surface area is 136 Å². The summed E-state index contributed by atoms with van der Waals surface area (Å²) in [6.07, 6.45) is 8.45. The van der Waals surface area contributed by atoms with E-state index in [1.54, 1.807) is 17.7 Å². The second kappa shape index (κ2) is 6.13.